The summed E-state index contributed by atoms with van der Waals surface area (Å²) in [5.74, 6) is -2.01. The number of carboxylic acid groups (broad SMARTS) is 1. The molecule has 1 aromatic heterocycles. The zero-order valence-electron chi connectivity index (χ0n) is 10.6. The predicted octanol–water partition coefficient (Wildman–Crippen LogP) is 2.05. The minimum absolute atomic E-state index is 0.222. The largest absolute Gasteiger partial charge is 0.507 e. The van der Waals surface area contributed by atoms with Gasteiger partial charge in [0.25, 0.3) is 5.91 Å². The highest BCUT2D eigenvalue weighted by atomic mass is 16.4. The third kappa shape index (κ3) is 2.74. The SMILES string of the molecule is Cc1ncccc1C(=O)Nc1ccc(C(=O)O)c(O)c1. The minimum atomic E-state index is -1.23. The van der Waals surface area contributed by atoms with Crippen molar-refractivity contribution in [1.29, 1.82) is 0 Å². The maximum atomic E-state index is 12.0. The number of aryl methyl sites for hydroxylation is 1. The molecule has 20 heavy (non-hydrogen) atoms. The van der Waals surface area contributed by atoms with Crippen LogP contribution in [-0.4, -0.2) is 27.1 Å². The molecule has 102 valence electrons. The summed E-state index contributed by atoms with van der Waals surface area (Å²) in [6.45, 7) is 1.71. The second kappa shape index (κ2) is 5.40. The Morgan fingerprint density at radius 1 is 1.20 bits per heavy atom. The smallest absolute Gasteiger partial charge is 0.339 e. The molecular formula is C14H12N2O4. The average Bonchev–Trinajstić information content (AvgIpc) is 2.38. The highest BCUT2D eigenvalue weighted by Gasteiger charge is 2.13. The third-order valence-corrected chi connectivity index (χ3v) is 2.74. The van der Waals surface area contributed by atoms with E-state index in [4.69, 9.17) is 5.11 Å². The lowest BCUT2D eigenvalue weighted by atomic mass is 10.1. The molecule has 0 radical (unpaired) electrons. The first-order valence-electron chi connectivity index (χ1n) is 5.78. The van der Waals surface area contributed by atoms with Crippen molar-refractivity contribution in [3.05, 3.63) is 53.3 Å². The number of nitrogens with zero attached hydrogens (tertiary/aromatic N) is 1. The van der Waals surface area contributed by atoms with Crippen LogP contribution in [-0.2, 0) is 0 Å². The fourth-order valence-corrected chi connectivity index (χ4v) is 1.71. The van der Waals surface area contributed by atoms with E-state index in [1.165, 1.54) is 18.2 Å². The summed E-state index contributed by atoms with van der Waals surface area (Å²) in [5.41, 5.74) is 1.08. The molecule has 0 aliphatic heterocycles. The molecule has 2 aromatic rings. The molecule has 0 aliphatic carbocycles. The Hall–Kier alpha value is -2.89. The van der Waals surface area contributed by atoms with Crippen molar-refractivity contribution in [2.45, 2.75) is 6.92 Å². The number of aromatic hydroxyl groups is 1. The highest BCUT2D eigenvalue weighted by Crippen LogP contribution is 2.22. The Balaban J connectivity index is 2.23. The number of hydrogen-bond donors (Lipinski definition) is 3. The van der Waals surface area contributed by atoms with Crippen LogP contribution in [0, 0.1) is 6.92 Å². The van der Waals surface area contributed by atoms with Gasteiger partial charge in [0.05, 0.1) is 5.56 Å². The van der Waals surface area contributed by atoms with Gasteiger partial charge < -0.3 is 15.5 Å². The third-order valence-electron chi connectivity index (χ3n) is 2.74. The normalized spacial score (nSPS) is 10.1. The zero-order chi connectivity index (χ0) is 14.7. The molecule has 3 N–H and O–H groups in total. The van der Waals surface area contributed by atoms with E-state index in [0.717, 1.165) is 0 Å². The van der Waals surface area contributed by atoms with E-state index in [1.807, 2.05) is 0 Å². The van der Waals surface area contributed by atoms with Gasteiger partial charge in [-0.15, -0.1) is 0 Å². The van der Waals surface area contributed by atoms with Gasteiger partial charge in [0, 0.05) is 23.6 Å². The summed E-state index contributed by atoms with van der Waals surface area (Å²) in [7, 11) is 0. The second-order valence-electron chi connectivity index (χ2n) is 4.13. The van der Waals surface area contributed by atoms with Gasteiger partial charge in [-0.05, 0) is 31.2 Å². The van der Waals surface area contributed by atoms with E-state index in [0.29, 0.717) is 16.9 Å². The van der Waals surface area contributed by atoms with Gasteiger partial charge >= 0.3 is 5.97 Å². The number of nitrogens with one attached hydrogen (secondary N) is 1. The number of rotatable bonds is 3. The van der Waals surface area contributed by atoms with Crippen molar-refractivity contribution in [1.82, 2.24) is 4.98 Å². The molecule has 6 nitrogen and oxygen atoms in total. The quantitative estimate of drug-likeness (QED) is 0.794. The van der Waals surface area contributed by atoms with Crippen LogP contribution in [0.1, 0.15) is 26.4 Å². The number of phenols is 1. The Kier molecular flexibility index (Phi) is 3.65. The first-order valence-corrected chi connectivity index (χ1v) is 5.78. The van der Waals surface area contributed by atoms with Gasteiger partial charge in [0.1, 0.15) is 11.3 Å². The van der Waals surface area contributed by atoms with Gasteiger partial charge in [-0.1, -0.05) is 0 Å². The molecule has 1 aromatic carbocycles. The molecule has 0 fully saturated rings. The van der Waals surface area contributed by atoms with Gasteiger partial charge in [-0.25, -0.2) is 4.79 Å². The van der Waals surface area contributed by atoms with Gasteiger partial charge in [0.15, 0.2) is 0 Å². The van der Waals surface area contributed by atoms with Crippen molar-refractivity contribution >= 4 is 17.6 Å². The predicted molar refractivity (Wildman–Crippen MR) is 72.0 cm³/mol. The molecule has 6 heteroatoms. The number of amides is 1. The standard InChI is InChI=1S/C14H12N2O4/c1-8-10(3-2-6-15-8)13(18)16-9-4-5-11(14(19)20)12(17)7-9/h2-7,17H,1H3,(H,16,18)(H,19,20). The van der Waals surface area contributed by atoms with E-state index >= 15 is 0 Å². The highest BCUT2D eigenvalue weighted by molar-refractivity contribution is 6.05. The van der Waals surface area contributed by atoms with E-state index in [1.54, 1.807) is 25.3 Å². The van der Waals surface area contributed by atoms with E-state index < -0.39 is 11.7 Å². The number of benzene rings is 1. The molecule has 2 rings (SSSR count). The first-order chi connectivity index (χ1) is 9.49. The lowest BCUT2D eigenvalue weighted by Gasteiger charge is -2.08. The summed E-state index contributed by atoms with van der Waals surface area (Å²) in [6, 6.07) is 7.10. The second-order valence-corrected chi connectivity index (χ2v) is 4.13. The fraction of sp³-hybridized carbons (Fsp3) is 0.0714. The average molecular weight is 272 g/mol. The topological polar surface area (TPSA) is 99.5 Å². The molecule has 0 saturated heterocycles. The number of carbonyl (C=O) groups is 2. The Labute approximate surface area is 114 Å². The molecule has 0 atom stereocenters. The van der Waals surface area contributed by atoms with Crippen LogP contribution in [0.4, 0.5) is 5.69 Å². The maximum absolute atomic E-state index is 12.0. The first kappa shape index (κ1) is 13.5. The van der Waals surface area contributed by atoms with Crippen molar-refractivity contribution < 1.29 is 19.8 Å². The van der Waals surface area contributed by atoms with Crippen LogP contribution in [0.15, 0.2) is 36.5 Å². The number of aromatic carboxylic acids is 1. The van der Waals surface area contributed by atoms with Crippen LogP contribution >= 0.6 is 0 Å². The number of carboxylic acids is 1. The summed E-state index contributed by atoms with van der Waals surface area (Å²) < 4.78 is 0. The Bertz CT molecular complexity index is 683. The van der Waals surface area contributed by atoms with Crippen LogP contribution in [0.3, 0.4) is 0 Å². The molecule has 1 heterocycles. The van der Waals surface area contributed by atoms with Gasteiger partial charge in [-0.3, -0.25) is 9.78 Å². The van der Waals surface area contributed by atoms with E-state index in [9.17, 15) is 14.7 Å². The summed E-state index contributed by atoms with van der Waals surface area (Å²) in [4.78, 5) is 26.8. The lowest BCUT2D eigenvalue weighted by Crippen LogP contribution is -2.14. The Morgan fingerprint density at radius 2 is 1.95 bits per heavy atom. The molecule has 0 spiro atoms. The number of pyridine rings is 1. The zero-order valence-corrected chi connectivity index (χ0v) is 10.6. The summed E-state index contributed by atoms with van der Waals surface area (Å²) in [5, 5.41) is 20.9. The summed E-state index contributed by atoms with van der Waals surface area (Å²) >= 11 is 0. The van der Waals surface area contributed by atoms with Crippen molar-refractivity contribution in [2.24, 2.45) is 0 Å². The number of hydrogen-bond acceptors (Lipinski definition) is 4. The van der Waals surface area contributed by atoms with Crippen LogP contribution in [0.5, 0.6) is 5.75 Å². The summed E-state index contributed by atoms with van der Waals surface area (Å²) in [6.07, 6.45) is 1.58. The molecular weight excluding hydrogens is 260 g/mol. The van der Waals surface area contributed by atoms with E-state index in [2.05, 4.69) is 10.3 Å². The molecule has 0 aliphatic rings. The van der Waals surface area contributed by atoms with E-state index in [-0.39, 0.29) is 11.5 Å². The number of aromatic nitrogens is 1. The fourth-order valence-electron chi connectivity index (χ4n) is 1.71. The number of anilines is 1. The number of carbonyl (C=O) groups excluding carboxylic acids is 1. The molecule has 1 amide bonds. The maximum Gasteiger partial charge on any atom is 0.339 e. The van der Waals surface area contributed by atoms with Crippen molar-refractivity contribution in [2.75, 3.05) is 5.32 Å². The molecule has 0 saturated carbocycles. The molecule has 0 bridgehead atoms. The van der Waals surface area contributed by atoms with Crippen molar-refractivity contribution in [3.8, 4) is 5.75 Å². The van der Waals surface area contributed by atoms with Gasteiger partial charge in [0.2, 0.25) is 0 Å². The van der Waals surface area contributed by atoms with Crippen molar-refractivity contribution in [3.63, 3.8) is 0 Å². The van der Waals surface area contributed by atoms with Crippen LogP contribution < -0.4 is 5.32 Å². The lowest BCUT2D eigenvalue weighted by molar-refractivity contribution is 0.0693. The monoisotopic (exact) mass is 272 g/mol. The van der Waals surface area contributed by atoms with Crippen LogP contribution in [0.25, 0.3) is 0 Å². The van der Waals surface area contributed by atoms with Gasteiger partial charge in [-0.2, -0.15) is 0 Å². The molecule has 0 unspecified atom stereocenters. The van der Waals surface area contributed by atoms with Crippen LogP contribution in [0.2, 0.25) is 0 Å². The minimum Gasteiger partial charge on any atom is -0.507 e. The Morgan fingerprint density at radius 3 is 2.55 bits per heavy atom.